The first-order valence-corrected chi connectivity index (χ1v) is 12.9. The van der Waals surface area contributed by atoms with E-state index in [9.17, 15) is 13.2 Å². The van der Waals surface area contributed by atoms with Gasteiger partial charge in [-0.2, -0.15) is 5.10 Å². The van der Waals surface area contributed by atoms with Crippen molar-refractivity contribution < 1.29 is 17.9 Å². The molecule has 2 aromatic carbocycles. The van der Waals surface area contributed by atoms with Crippen molar-refractivity contribution >= 4 is 38.7 Å². The van der Waals surface area contributed by atoms with Gasteiger partial charge in [0.05, 0.1) is 35.2 Å². The van der Waals surface area contributed by atoms with Crippen LogP contribution in [0.2, 0.25) is 0 Å². The zero-order chi connectivity index (χ0) is 22.7. The van der Waals surface area contributed by atoms with Crippen molar-refractivity contribution in [1.29, 1.82) is 0 Å². The van der Waals surface area contributed by atoms with Gasteiger partial charge in [0.1, 0.15) is 5.75 Å². The van der Waals surface area contributed by atoms with Crippen LogP contribution < -0.4 is 9.46 Å². The van der Waals surface area contributed by atoms with Gasteiger partial charge < -0.3 is 4.74 Å². The molecular weight excluding hydrogens is 446 g/mol. The first kappa shape index (κ1) is 22.0. The summed E-state index contributed by atoms with van der Waals surface area (Å²) in [6.45, 7) is 2.41. The quantitative estimate of drug-likeness (QED) is 0.551. The Balaban J connectivity index is 1.79. The van der Waals surface area contributed by atoms with Crippen LogP contribution in [0.15, 0.2) is 71.1 Å². The molecule has 9 heteroatoms. The van der Waals surface area contributed by atoms with E-state index in [2.05, 4.69) is 9.82 Å². The van der Waals surface area contributed by atoms with Crippen molar-refractivity contribution in [3.05, 3.63) is 82.0 Å². The lowest BCUT2D eigenvalue weighted by atomic mass is 9.97. The number of amides is 1. The Bertz CT molecular complexity index is 1250. The number of nitrogens with one attached hydrogen (secondary N) is 1. The van der Waals surface area contributed by atoms with Crippen LogP contribution in [0.1, 0.15) is 40.2 Å². The predicted molar refractivity (Wildman–Crippen MR) is 127 cm³/mol. The third kappa shape index (κ3) is 4.68. The Morgan fingerprint density at radius 3 is 2.62 bits per heavy atom. The molecule has 7 nitrogen and oxygen atoms in total. The van der Waals surface area contributed by atoms with Gasteiger partial charge >= 0.3 is 0 Å². The molecule has 4 rings (SSSR count). The standard InChI is InChI=1S/C23H23N3O4S2/c1-3-30-21-12-7-5-10-17(21)20-15-19(24-26(20)23(27)22-13-8-14-31-22)16-9-4-6-11-18(16)25-32(2,28)29/h4-14,20,25H,3,15H2,1-2H3/t20-/m0/s1. The van der Waals surface area contributed by atoms with Crippen molar-refractivity contribution in [3.63, 3.8) is 0 Å². The van der Waals surface area contributed by atoms with Crippen LogP contribution in [0.25, 0.3) is 0 Å². The number of benzene rings is 2. The second kappa shape index (κ2) is 9.13. The fraction of sp³-hybridized carbons (Fsp3) is 0.217. The van der Waals surface area contributed by atoms with Crippen LogP contribution in [-0.4, -0.2) is 37.9 Å². The highest BCUT2D eigenvalue weighted by atomic mass is 32.2. The third-order valence-corrected chi connectivity index (χ3v) is 6.41. The Morgan fingerprint density at radius 2 is 1.91 bits per heavy atom. The number of sulfonamides is 1. The van der Waals surface area contributed by atoms with Gasteiger partial charge in [0.25, 0.3) is 5.91 Å². The van der Waals surface area contributed by atoms with E-state index in [0.717, 1.165) is 11.8 Å². The van der Waals surface area contributed by atoms with Crippen molar-refractivity contribution in [2.24, 2.45) is 5.10 Å². The van der Waals surface area contributed by atoms with Gasteiger partial charge in [-0.1, -0.05) is 42.5 Å². The van der Waals surface area contributed by atoms with Gasteiger partial charge in [-0.25, -0.2) is 13.4 Å². The van der Waals surface area contributed by atoms with Crippen LogP contribution in [-0.2, 0) is 10.0 Å². The monoisotopic (exact) mass is 469 g/mol. The van der Waals surface area contributed by atoms with E-state index >= 15 is 0 Å². The number of rotatable bonds is 7. The zero-order valence-corrected chi connectivity index (χ0v) is 19.3. The minimum Gasteiger partial charge on any atom is -0.494 e. The van der Waals surface area contributed by atoms with Crippen molar-refractivity contribution in [2.45, 2.75) is 19.4 Å². The van der Waals surface area contributed by atoms with Crippen LogP contribution in [0.3, 0.4) is 0 Å². The molecule has 0 unspecified atom stereocenters. The molecule has 1 amide bonds. The molecule has 0 saturated heterocycles. The van der Waals surface area contributed by atoms with E-state index < -0.39 is 10.0 Å². The molecule has 3 aromatic rings. The molecule has 0 fully saturated rings. The Kier molecular flexibility index (Phi) is 6.29. The third-order valence-electron chi connectivity index (χ3n) is 4.96. The van der Waals surface area contributed by atoms with Gasteiger partial charge in [-0.3, -0.25) is 9.52 Å². The summed E-state index contributed by atoms with van der Waals surface area (Å²) in [5.74, 6) is 0.489. The van der Waals surface area contributed by atoms with E-state index in [4.69, 9.17) is 4.74 Å². The van der Waals surface area contributed by atoms with E-state index in [-0.39, 0.29) is 11.9 Å². The number of hydrogen-bond acceptors (Lipinski definition) is 6. The number of para-hydroxylation sites is 2. The molecule has 0 aliphatic carbocycles. The Labute approximate surface area is 191 Å². The molecule has 2 heterocycles. The lowest BCUT2D eigenvalue weighted by Gasteiger charge is -2.23. The first-order chi connectivity index (χ1) is 15.4. The molecule has 0 radical (unpaired) electrons. The normalized spacial score (nSPS) is 16.0. The number of carbonyl (C=O) groups is 1. The van der Waals surface area contributed by atoms with Crippen LogP contribution in [0.4, 0.5) is 5.69 Å². The average molecular weight is 470 g/mol. The highest BCUT2D eigenvalue weighted by molar-refractivity contribution is 7.92. The highest BCUT2D eigenvalue weighted by Crippen LogP contribution is 2.39. The number of ether oxygens (including phenoxy) is 1. The number of hydrazone groups is 1. The fourth-order valence-electron chi connectivity index (χ4n) is 3.68. The second-order valence-corrected chi connectivity index (χ2v) is 9.98. The summed E-state index contributed by atoms with van der Waals surface area (Å²) in [7, 11) is -3.48. The molecule has 0 bridgehead atoms. The number of carbonyl (C=O) groups excluding carboxylic acids is 1. The van der Waals surface area contributed by atoms with Crippen molar-refractivity contribution in [3.8, 4) is 5.75 Å². The van der Waals surface area contributed by atoms with Crippen molar-refractivity contribution in [2.75, 3.05) is 17.6 Å². The van der Waals surface area contributed by atoms with Gasteiger partial charge in [0.15, 0.2) is 0 Å². The molecule has 166 valence electrons. The predicted octanol–water partition coefficient (Wildman–Crippen LogP) is 4.51. The molecule has 0 spiro atoms. The summed E-state index contributed by atoms with van der Waals surface area (Å²) in [6.07, 6.45) is 1.53. The summed E-state index contributed by atoms with van der Waals surface area (Å²) in [5, 5.41) is 8.01. The van der Waals surface area contributed by atoms with Gasteiger partial charge in [0, 0.05) is 17.5 Å². The van der Waals surface area contributed by atoms with Crippen LogP contribution in [0.5, 0.6) is 5.75 Å². The Hall–Kier alpha value is -3.17. The number of anilines is 1. The maximum atomic E-state index is 13.3. The second-order valence-electron chi connectivity index (χ2n) is 7.28. The minimum absolute atomic E-state index is 0.208. The molecule has 0 saturated carbocycles. The SMILES string of the molecule is CCOc1ccccc1[C@@H]1CC(c2ccccc2NS(C)(=O)=O)=NN1C(=O)c1cccs1. The topological polar surface area (TPSA) is 88.1 Å². The molecule has 1 atom stereocenters. The number of thiophene rings is 1. The Morgan fingerprint density at radius 1 is 1.16 bits per heavy atom. The van der Waals surface area contributed by atoms with Crippen molar-refractivity contribution in [1.82, 2.24) is 5.01 Å². The molecule has 1 aliphatic heterocycles. The molecule has 1 aliphatic rings. The smallest absolute Gasteiger partial charge is 0.284 e. The fourth-order valence-corrected chi connectivity index (χ4v) is 4.91. The van der Waals surface area contributed by atoms with Gasteiger partial charge in [-0.05, 0) is 30.5 Å². The van der Waals surface area contributed by atoms with E-state index in [1.165, 1.54) is 16.3 Å². The summed E-state index contributed by atoms with van der Waals surface area (Å²) in [4.78, 5) is 13.9. The first-order valence-electron chi connectivity index (χ1n) is 10.1. The van der Waals surface area contributed by atoms with Crippen LogP contribution >= 0.6 is 11.3 Å². The summed E-state index contributed by atoms with van der Waals surface area (Å²) < 4.78 is 32.1. The molecule has 1 N–H and O–H groups in total. The summed E-state index contributed by atoms with van der Waals surface area (Å²) >= 11 is 1.35. The van der Waals surface area contributed by atoms with Crippen LogP contribution in [0, 0.1) is 0 Å². The number of hydrogen-bond donors (Lipinski definition) is 1. The lowest BCUT2D eigenvalue weighted by molar-refractivity contribution is 0.0714. The number of nitrogens with zero attached hydrogens (tertiary/aromatic N) is 2. The highest BCUT2D eigenvalue weighted by Gasteiger charge is 2.36. The summed E-state index contributed by atoms with van der Waals surface area (Å²) in [6, 6.07) is 17.9. The van der Waals surface area contributed by atoms with E-state index in [1.807, 2.05) is 48.7 Å². The van der Waals surface area contributed by atoms with E-state index in [1.54, 1.807) is 24.3 Å². The van der Waals surface area contributed by atoms with Gasteiger partial charge in [0.2, 0.25) is 10.0 Å². The molecule has 1 aromatic heterocycles. The zero-order valence-electron chi connectivity index (χ0n) is 17.7. The van der Waals surface area contributed by atoms with E-state index in [0.29, 0.717) is 40.6 Å². The summed E-state index contributed by atoms with van der Waals surface area (Å²) in [5.41, 5.74) is 2.54. The average Bonchev–Trinajstić information content (AvgIpc) is 3.44. The molecule has 32 heavy (non-hydrogen) atoms. The minimum atomic E-state index is -3.48. The maximum Gasteiger partial charge on any atom is 0.284 e. The maximum absolute atomic E-state index is 13.3. The lowest BCUT2D eigenvalue weighted by Crippen LogP contribution is -2.26. The molecular formula is C23H23N3O4S2. The largest absolute Gasteiger partial charge is 0.494 e. The van der Waals surface area contributed by atoms with Gasteiger partial charge in [-0.15, -0.1) is 11.3 Å².